The van der Waals surface area contributed by atoms with Crippen LogP contribution >= 0.6 is 0 Å². The lowest BCUT2D eigenvalue weighted by molar-refractivity contribution is 0.145. The van der Waals surface area contributed by atoms with Crippen LogP contribution in [0.3, 0.4) is 0 Å². The van der Waals surface area contributed by atoms with Gasteiger partial charge in [-0.2, -0.15) is 0 Å². The second-order valence-electron chi connectivity index (χ2n) is 8.29. The van der Waals surface area contributed by atoms with E-state index in [4.69, 9.17) is 9.73 Å². The van der Waals surface area contributed by atoms with Gasteiger partial charge >= 0.3 is 6.03 Å². The number of carbonyl (C=O) groups is 1. The largest absolute Gasteiger partial charge is 0.454 e. The number of nitrogens with zero attached hydrogens (tertiary/aromatic N) is 3. The van der Waals surface area contributed by atoms with Gasteiger partial charge in [0.1, 0.15) is 17.3 Å². The number of aliphatic imine (C=N–C) groups is 1. The molecule has 2 amide bonds. The van der Waals surface area contributed by atoms with E-state index in [-0.39, 0.29) is 12.1 Å². The SMILES string of the molecule is Cc1ccc2c(c1)C(N1CCN(C(=O)Nc3ccccc3)C(C)C1)=Nc1ccccc1O2. The van der Waals surface area contributed by atoms with E-state index in [1.54, 1.807) is 0 Å². The number of amidine groups is 1. The Balaban J connectivity index is 1.41. The predicted octanol–water partition coefficient (Wildman–Crippen LogP) is 5.42. The zero-order chi connectivity index (χ0) is 22.1. The highest BCUT2D eigenvalue weighted by Gasteiger charge is 2.31. The predicted molar refractivity (Wildman–Crippen MR) is 127 cm³/mol. The zero-order valence-electron chi connectivity index (χ0n) is 18.3. The Bertz CT molecular complexity index is 1180. The summed E-state index contributed by atoms with van der Waals surface area (Å²) in [6.45, 7) is 6.15. The van der Waals surface area contributed by atoms with E-state index in [1.807, 2.05) is 65.6 Å². The lowest BCUT2D eigenvalue weighted by Crippen LogP contribution is -2.56. The zero-order valence-corrected chi connectivity index (χ0v) is 18.3. The normalized spacial score (nSPS) is 17.4. The topological polar surface area (TPSA) is 57.2 Å². The number of benzene rings is 3. The van der Waals surface area contributed by atoms with E-state index in [0.717, 1.165) is 39.8 Å². The number of aryl methyl sites for hydroxylation is 1. The summed E-state index contributed by atoms with van der Waals surface area (Å²) < 4.78 is 6.22. The van der Waals surface area contributed by atoms with Crippen molar-refractivity contribution in [1.82, 2.24) is 9.80 Å². The quantitative estimate of drug-likeness (QED) is 0.565. The highest BCUT2D eigenvalue weighted by Crippen LogP contribution is 2.38. The van der Waals surface area contributed by atoms with E-state index >= 15 is 0 Å². The van der Waals surface area contributed by atoms with Crippen molar-refractivity contribution in [1.29, 1.82) is 0 Å². The number of nitrogens with one attached hydrogen (secondary N) is 1. The van der Waals surface area contributed by atoms with Gasteiger partial charge in [0.2, 0.25) is 0 Å². The number of hydrogen-bond donors (Lipinski definition) is 1. The van der Waals surface area contributed by atoms with Gasteiger partial charge in [0.25, 0.3) is 0 Å². The van der Waals surface area contributed by atoms with E-state index in [9.17, 15) is 4.79 Å². The molecule has 0 radical (unpaired) electrons. The molecule has 0 bridgehead atoms. The van der Waals surface area contributed by atoms with Crippen molar-refractivity contribution in [2.45, 2.75) is 19.9 Å². The summed E-state index contributed by atoms with van der Waals surface area (Å²) in [4.78, 5) is 22.0. The smallest absolute Gasteiger partial charge is 0.322 e. The summed E-state index contributed by atoms with van der Waals surface area (Å²) in [5.41, 5.74) is 3.75. The summed E-state index contributed by atoms with van der Waals surface area (Å²) in [7, 11) is 0. The van der Waals surface area contributed by atoms with Crippen LogP contribution < -0.4 is 10.1 Å². The number of anilines is 1. The van der Waals surface area contributed by atoms with Crippen LogP contribution in [-0.4, -0.2) is 47.3 Å². The monoisotopic (exact) mass is 426 g/mol. The minimum absolute atomic E-state index is 0.0304. The maximum atomic E-state index is 12.9. The molecule has 2 heterocycles. The van der Waals surface area contributed by atoms with E-state index in [1.165, 1.54) is 0 Å². The van der Waals surface area contributed by atoms with E-state index in [2.05, 4.69) is 36.2 Å². The molecule has 1 saturated heterocycles. The third kappa shape index (κ3) is 3.91. The lowest BCUT2D eigenvalue weighted by Gasteiger charge is -2.41. The van der Waals surface area contributed by atoms with Crippen LogP contribution in [0.4, 0.5) is 16.2 Å². The van der Waals surface area contributed by atoms with Gasteiger partial charge in [-0.25, -0.2) is 9.79 Å². The Morgan fingerprint density at radius 1 is 1.00 bits per heavy atom. The number of carbonyl (C=O) groups excluding carboxylic acids is 1. The molecular formula is C26H26N4O2. The summed E-state index contributed by atoms with van der Waals surface area (Å²) >= 11 is 0. The minimum Gasteiger partial charge on any atom is -0.454 e. The van der Waals surface area contributed by atoms with Crippen molar-refractivity contribution >= 4 is 23.2 Å². The molecule has 0 aromatic heterocycles. The van der Waals surface area contributed by atoms with Gasteiger partial charge in [-0.3, -0.25) is 0 Å². The fraction of sp³-hybridized carbons (Fsp3) is 0.231. The average molecular weight is 427 g/mol. The lowest BCUT2D eigenvalue weighted by atomic mass is 10.1. The van der Waals surface area contributed by atoms with Crippen molar-refractivity contribution < 1.29 is 9.53 Å². The maximum Gasteiger partial charge on any atom is 0.322 e. The molecule has 0 spiro atoms. The molecule has 1 fully saturated rings. The molecule has 1 unspecified atom stereocenters. The number of rotatable bonds is 1. The first kappa shape index (κ1) is 20.1. The van der Waals surface area contributed by atoms with Crippen LogP contribution in [0.25, 0.3) is 0 Å². The maximum absolute atomic E-state index is 12.9. The van der Waals surface area contributed by atoms with Gasteiger partial charge in [-0.1, -0.05) is 42.0 Å². The number of para-hydroxylation sites is 3. The van der Waals surface area contributed by atoms with Gasteiger partial charge in [-0.05, 0) is 50.2 Å². The molecule has 0 saturated carbocycles. The third-order valence-electron chi connectivity index (χ3n) is 5.90. The second-order valence-corrected chi connectivity index (χ2v) is 8.29. The number of hydrogen-bond acceptors (Lipinski definition) is 4. The van der Waals surface area contributed by atoms with Gasteiger partial charge in [0.05, 0.1) is 5.56 Å². The molecule has 2 aliphatic rings. The highest BCUT2D eigenvalue weighted by atomic mass is 16.5. The first-order valence-electron chi connectivity index (χ1n) is 10.9. The Morgan fingerprint density at radius 3 is 2.59 bits per heavy atom. The molecule has 6 nitrogen and oxygen atoms in total. The number of fused-ring (bicyclic) bond motifs is 2. The molecule has 2 aliphatic heterocycles. The van der Waals surface area contributed by atoms with Gasteiger partial charge < -0.3 is 19.9 Å². The Labute approximate surface area is 188 Å². The second kappa shape index (κ2) is 8.38. The van der Waals surface area contributed by atoms with Crippen LogP contribution in [0.5, 0.6) is 11.5 Å². The van der Waals surface area contributed by atoms with Gasteiger partial charge in [0, 0.05) is 31.4 Å². The van der Waals surface area contributed by atoms with Crippen molar-refractivity contribution in [3.8, 4) is 11.5 Å². The first-order valence-corrected chi connectivity index (χ1v) is 10.9. The van der Waals surface area contributed by atoms with E-state index < -0.39 is 0 Å². The Morgan fingerprint density at radius 2 is 1.78 bits per heavy atom. The van der Waals surface area contributed by atoms with Gasteiger partial charge in [0.15, 0.2) is 5.75 Å². The minimum atomic E-state index is -0.0731. The van der Waals surface area contributed by atoms with Crippen molar-refractivity contribution in [3.63, 3.8) is 0 Å². The summed E-state index contributed by atoms with van der Waals surface area (Å²) in [6, 6.07) is 23.6. The van der Waals surface area contributed by atoms with Crippen LogP contribution in [-0.2, 0) is 0 Å². The molecule has 3 aromatic carbocycles. The fourth-order valence-corrected chi connectivity index (χ4v) is 4.25. The molecule has 1 N–H and O–H groups in total. The molecular weight excluding hydrogens is 400 g/mol. The van der Waals surface area contributed by atoms with E-state index in [0.29, 0.717) is 19.6 Å². The molecule has 5 rings (SSSR count). The first-order chi connectivity index (χ1) is 15.6. The number of urea groups is 1. The standard InChI is InChI=1S/C26H26N4O2/c1-18-12-13-23-21(16-18)25(28-22-10-6-7-11-24(22)32-23)29-14-15-30(19(2)17-29)26(31)27-20-8-4-3-5-9-20/h3-13,16,19H,14-15,17H2,1-2H3,(H,27,31). The van der Waals surface area contributed by atoms with Crippen LogP contribution in [0, 0.1) is 6.92 Å². The third-order valence-corrected chi connectivity index (χ3v) is 5.90. The highest BCUT2D eigenvalue weighted by molar-refractivity contribution is 6.04. The molecule has 3 aromatic rings. The van der Waals surface area contributed by atoms with Crippen molar-refractivity contribution in [3.05, 3.63) is 83.9 Å². The number of ether oxygens (including phenoxy) is 1. The van der Waals surface area contributed by atoms with Crippen LogP contribution in [0.2, 0.25) is 0 Å². The summed E-state index contributed by atoms with van der Waals surface area (Å²) in [5.74, 6) is 2.45. The number of amides is 2. The molecule has 6 heteroatoms. The van der Waals surface area contributed by atoms with Gasteiger partial charge in [-0.15, -0.1) is 0 Å². The fourth-order valence-electron chi connectivity index (χ4n) is 4.25. The molecule has 1 atom stereocenters. The van der Waals surface area contributed by atoms with Crippen molar-refractivity contribution in [2.75, 3.05) is 25.0 Å². The molecule has 162 valence electrons. The average Bonchev–Trinajstić information content (AvgIpc) is 2.96. The van der Waals surface area contributed by atoms with Crippen molar-refractivity contribution in [2.24, 2.45) is 4.99 Å². The Kier molecular flexibility index (Phi) is 5.27. The number of piperazine rings is 1. The summed E-state index contributed by atoms with van der Waals surface area (Å²) in [6.07, 6.45) is 0. The van der Waals surface area contributed by atoms with Crippen LogP contribution in [0.1, 0.15) is 18.1 Å². The summed E-state index contributed by atoms with van der Waals surface area (Å²) in [5, 5.41) is 3.00. The van der Waals surface area contributed by atoms with Crippen LogP contribution in [0.15, 0.2) is 77.8 Å². The molecule has 32 heavy (non-hydrogen) atoms. The molecule has 0 aliphatic carbocycles. The Hall–Kier alpha value is -3.80.